The van der Waals surface area contributed by atoms with E-state index in [0.29, 0.717) is 0 Å². The van der Waals surface area contributed by atoms with Gasteiger partial charge in [-0.15, -0.1) is 0 Å². The molecule has 0 fully saturated rings. The third kappa shape index (κ3) is 7.48. The van der Waals surface area contributed by atoms with Gasteiger partial charge in [0.05, 0.1) is 0 Å². The second-order valence-electron chi connectivity index (χ2n) is 2.09. The maximum Gasteiger partial charge on any atom is -0.0166 e. The van der Waals surface area contributed by atoms with E-state index >= 15 is 0 Å². The first-order chi connectivity index (χ1) is 4.41. The third-order valence-electron chi connectivity index (χ3n) is 1.16. The largest absolute Gasteiger partial charge is 0.0882 e. The molecule has 0 rings (SSSR count). The van der Waals surface area contributed by atoms with Crippen LogP contribution < -0.4 is 0 Å². The maximum absolute atomic E-state index is 5.17. The summed E-state index contributed by atoms with van der Waals surface area (Å²) in [4.78, 5) is 0. The van der Waals surface area contributed by atoms with Gasteiger partial charge in [-0.2, -0.15) is 0 Å². The Morgan fingerprint density at radius 1 is 1.33 bits per heavy atom. The Labute approximate surface area is 58.3 Å². The summed E-state index contributed by atoms with van der Waals surface area (Å²) in [6.07, 6.45) is 10.6. The summed E-state index contributed by atoms with van der Waals surface area (Å²) in [5.41, 5.74) is 0. The maximum atomic E-state index is 5.17. The zero-order valence-corrected chi connectivity index (χ0v) is 6.14. The van der Waals surface area contributed by atoms with E-state index in [1.54, 1.807) is 6.08 Å². The lowest BCUT2D eigenvalue weighted by molar-refractivity contribution is 0.813. The number of hydrogen-bond donors (Lipinski definition) is 0. The van der Waals surface area contributed by atoms with Crippen molar-refractivity contribution in [1.29, 1.82) is 0 Å². The quantitative estimate of drug-likeness (QED) is 0.389. The summed E-state index contributed by atoms with van der Waals surface area (Å²) < 4.78 is 0. The third-order valence-corrected chi connectivity index (χ3v) is 1.16. The van der Waals surface area contributed by atoms with Crippen LogP contribution in [0.1, 0.15) is 32.6 Å². The van der Waals surface area contributed by atoms with Crippen molar-refractivity contribution < 1.29 is 0 Å². The van der Waals surface area contributed by atoms with Gasteiger partial charge in [-0.25, -0.2) is 0 Å². The monoisotopic (exact) mass is 123 g/mol. The Hall–Kier alpha value is -0.520. The SMILES string of the molecule is [CH]=CCC=CCCCC. The molecule has 0 unspecified atom stereocenters. The van der Waals surface area contributed by atoms with Crippen LogP contribution in [-0.4, -0.2) is 0 Å². The van der Waals surface area contributed by atoms with E-state index in [-0.39, 0.29) is 0 Å². The van der Waals surface area contributed by atoms with Gasteiger partial charge in [0.25, 0.3) is 0 Å². The first-order valence-electron chi connectivity index (χ1n) is 3.60. The fraction of sp³-hybridized carbons (Fsp3) is 0.556. The first kappa shape index (κ1) is 8.48. The molecule has 0 spiro atoms. The molecule has 0 aliphatic heterocycles. The summed E-state index contributed by atoms with van der Waals surface area (Å²) in [6.45, 7) is 7.36. The summed E-state index contributed by atoms with van der Waals surface area (Å²) >= 11 is 0. The van der Waals surface area contributed by atoms with E-state index in [0.717, 1.165) is 6.42 Å². The van der Waals surface area contributed by atoms with Crippen LogP contribution in [0.4, 0.5) is 0 Å². The molecule has 0 heteroatoms. The van der Waals surface area contributed by atoms with E-state index in [1.165, 1.54) is 19.3 Å². The highest BCUT2D eigenvalue weighted by molar-refractivity contribution is 4.86. The minimum absolute atomic E-state index is 0.906. The fourth-order valence-electron chi connectivity index (χ4n) is 0.615. The highest BCUT2D eigenvalue weighted by atomic mass is 13.8. The molecule has 0 aliphatic carbocycles. The van der Waals surface area contributed by atoms with Gasteiger partial charge < -0.3 is 0 Å². The van der Waals surface area contributed by atoms with Crippen LogP contribution in [0.5, 0.6) is 0 Å². The summed E-state index contributed by atoms with van der Waals surface area (Å²) in [5, 5.41) is 0. The normalized spacial score (nSPS) is 10.3. The van der Waals surface area contributed by atoms with Crippen LogP contribution in [0.2, 0.25) is 0 Å². The van der Waals surface area contributed by atoms with E-state index in [2.05, 4.69) is 19.1 Å². The standard InChI is InChI=1S/C9H15/c1-3-5-7-9-8-6-4-2/h1,3,7,9H,4-6,8H2,2H3. The molecule has 0 nitrogen and oxygen atoms in total. The van der Waals surface area contributed by atoms with Gasteiger partial charge in [-0.3, -0.25) is 0 Å². The number of unbranched alkanes of at least 4 members (excludes halogenated alkanes) is 2. The van der Waals surface area contributed by atoms with Crippen LogP contribution in [0.3, 0.4) is 0 Å². The lowest BCUT2D eigenvalue weighted by Gasteiger charge is -1.85. The number of allylic oxidation sites excluding steroid dienone is 3. The summed E-state index contributed by atoms with van der Waals surface area (Å²) in [6, 6.07) is 0. The Morgan fingerprint density at radius 3 is 2.67 bits per heavy atom. The zero-order valence-electron chi connectivity index (χ0n) is 6.14. The van der Waals surface area contributed by atoms with Crippen molar-refractivity contribution in [2.24, 2.45) is 0 Å². The van der Waals surface area contributed by atoms with E-state index in [1.807, 2.05) is 0 Å². The Bertz CT molecular complexity index is 80.0. The lowest BCUT2D eigenvalue weighted by Crippen LogP contribution is -1.65. The second kappa shape index (κ2) is 7.48. The van der Waals surface area contributed by atoms with Gasteiger partial charge in [-0.1, -0.05) is 44.6 Å². The van der Waals surface area contributed by atoms with Gasteiger partial charge in [0.2, 0.25) is 0 Å². The van der Waals surface area contributed by atoms with Crippen LogP contribution >= 0.6 is 0 Å². The molecule has 0 aromatic carbocycles. The zero-order chi connectivity index (χ0) is 6.95. The second-order valence-corrected chi connectivity index (χ2v) is 2.09. The van der Waals surface area contributed by atoms with E-state index in [9.17, 15) is 0 Å². The molecule has 0 heterocycles. The van der Waals surface area contributed by atoms with Crippen LogP contribution in [0.25, 0.3) is 0 Å². The highest BCUT2D eigenvalue weighted by Crippen LogP contribution is 1.95. The lowest BCUT2D eigenvalue weighted by atomic mass is 10.2. The topological polar surface area (TPSA) is 0 Å². The fourth-order valence-corrected chi connectivity index (χ4v) is 0.615. The van der Waals surface area contributed by atoms with Gasteiger partial charge in [0, 0.05) is 0 Å². The summed E-state index contributed by atoms with van der Waals surface area (Å²) in [5.74, 6) is 0. The molecule has 0 N–H and O–H groups in total. The molecule has 0 bridgehead atoms. The van der Waals surface area contributed by atoms with Gasteiger partial charge in [0.1, 0.15) is 0 Å². The summed E-state index contributed by atoms with van der Waals surface area (Å²) in [7, 11) is 0. The van der Waals surface area contributed by atoms with Crippen molar-refractivity contribution in [3.8, 4) is 0 Å². The number of hydrogen-bond acceptors (Lipinski definition) is 0. The molecule has 0 amide bonds. The van der Waals surface area contributed by atoms with Crippen LogP contribution in [0, 0.1) is 6.58 Å². The first-order valence-corrected chi connectivity index (χ1v) is 3.60. The van der Waals surface area contributed by atoms with Gasteiger partial charge >= 0.3 is 0 Å². The molecule has 9 heavy (non-hydrogen) atoms. The van der Waals surface area contributed by atoms with E-state index < -0.39 is 0 Å². The molecule has 0 aromatic rings. The molecule has 51 valence electrons. The van der Waals surface area contributed by atoms with Crippen molar-refractivity contribution in [2.75, 3.05) is 0 Å². The minimum Gasteiger partial charge on any atom is -0.0882 e. The van der Waals surface area contributed by atoms with Crippen molar-refractivity contribution in [1.82, 2.24) is 0 Å². The predicted molar refractivity (Wildman–Crippen MR) is 42.2 cm³/mol. The Morgan fingerprint density at radius 2 is 2.11 bits per heavy atom. The van der Waals surface area contributed by atoms with Crippen LogP contribution in [-0.2, 0) is 0 Å². The molecule has 1 radical (unpaired) electrons. The highest BCUT2D eigenvalue weighted by Gasteiger charge is 1.75. The smallest absolute Gasteiger partial charge is 0.0166 e. The van der Waals surface area contributed by atoms with Crippen molar-refractivity contribution in [3.63, 3.8) is 0 Å². The molecule has 0 aromatic heterocycles. The molecular weight excluding hydrogens is 108 g/mol. The van der Waals surface area contributed by atoms with Gasteiger partial charge in [-0.05, 0) is 12.8 Å². The molecule has 0 aliphatic rings. The Kier molecular flexibility index (Phi) is 7.05. The average Bonchev–Trinajstić information content (AvgIpc) is 1.89. The van der Waals surface area contributed by atoms with Crippen LogP contribution in [0.15, 0.2) is 18.2 Å². The van der Waals surface area contributed by atoms with Gasteiger partial charge in [0.15, 0.2) is 0 Å². The minimum atomic E-state index is 0.906. The predicted octanol–water partition coefficient (Wildman–Crippen LogP) is 3.11. The van der Waals surface area contributed by atoms with Crippen molar-refractivity contribution in [2.45, 2.75) is 32.6 Å². The molecule has 0 saturated carbocycles. The van der Waals surface area contributed by atoms with E-state index in [4.69, 9.17) is 6.58 Å². The number of rotatable bonds is 5. The molecular formula is C9H15. The molecule has 0 atom stereocenters. The van der Waals surface area contributed by atoms with Crippen molar-refractivity contribution >= 4 is 0 Å². The Balaban J connectivity index is 2.94. The van der Waals surface area contributed by atoms with Crippen molar-refractivity contribution in [3.05, 3.63) is 24.8 Å². The molecule has 0 saturated heterocycles. The average molecular weight is 123 g/mol.